The van der Waals surface area contributed by atoms with Crippen LogP contribution in [0.3, 0.4) is 0 Å². The maximum atomic E-state index is 9.60. The average molecular weight is 207 g/mol. The van der Waals surface area contributed by atoms with Crippen LogP contribution in [0.1, 0.15) is 44.2 Å². The highest BCUT2D eigenvalue weighted by Crippen LogP contribution is 2.25. The largest absolute Gasteiger partial charge is 0.507 e. The second-order valence-corrected chi connectivity index (χ2v) is 3.77. The predicted octanol–water partition coefficient (Wildman–Crippen LogP) is 3.10. The van der Waals surface area contributed by atoms with Crippen LogP contribution in [0, 0.1) is 0 Å². The van der Waals surface area contributed by atoms with Gasteiger partial charge in [-0.25, -0.2) is 0 Å². The second kappa shape index (κ2) is 4.82. The van der Waals surface area contributed by atoms with Gasteiger partial charge in [0.1, 0.15) is 5.75 Å². The maximum absolute atomic E-state index is 9.60. The average Bonchev–Trinajstić information content (AvgIpc) is 2.27. The molecule has 0 aliphatic carbocycles. The molecule has 1 unspecified atom stereocenters. The lowest BCUT2D eigenvalue weighted by atomic mass is 9.95. The third-order valence-corrected chi connectivity index (χ3v) is 2.74. The molecule has 15 heavy (non-hydrogen) atoms. The summed E-state index contributed by atoms with van der Waals surface area (Å²) in [6.07, 6.45) is 1.04. The van der Waals surface area contributed by atoms with Gasteiger partial charge in [0.15, 0.2) is 0 Å². The summed E-state index contributed by atoms with van der Waals surface area (Å²) in [7, 11) is 0. The first kappa shape index (κ1) is 11.6. The van der Waals surface area contributed by atoms with Crippen molar-refractivity contribution in [3.8, 4) is 5.75 Å². The molecule has 0 heterocycles. The number of oxime groups is 1. The topological polar surface area (TPSA) is 52.8 Å². The summed E-state index contributed by atoms with van der Waals surface area (Å²) in [6.45, 7) is 5.90. The molecule has 0 aromatic heterocycles. The van der Waals surface area contributed by atoms with Crippen LogP contribution in [0.2, 0.25) is 0 Å². The summed E-state index contributed by atoms with van der Waals surface area (Å²) in [5, 5.41) is 21.4. The van der Waals surface area contributed by atoms with Crippen molar-refractivity contribution in [3.05, 3.63) is 29.3 Å². The molecule has 0 saturated heterocycles. The molecule has 0 spiro atoms. The summed E-state index contributed by atoms with van der Waals surface area (Å²) in [5.41, 5.74) is 2.17. The Morgan fingerprint density at radius 3 is 2.67 bits per heavy atom. The third-order valence-electron chi connectivity index (χ3n) is 2.74. The van der Waals surface area contributed by atoms with Crippen LogP contribution in [0.5, 0.6) is 5.75 Å². The van der Waals surface area contributed by atoms with Crippen LogP contribution in [-0.2, 0) is 0 Å². The van der Waals surface area contributed by atoms with E-state index in [9.17, 15) is 5.11 Å². The van der Waals surface area contributed by atoms with Crippen molar-refractivity contribution in [3.63, 3.8) is 0 Å². The standard InChI is InChI=1S/C12H17NO2/c1-4-8(2)10-5-6-12(14)11(7-10)9(3)13-15/h5-8,14-15H,4H2,1-3H3. The molecule has 3 heteroatoms. The van der Waals surface area contributed by atoms with E-state index >= 15 is 0 Å². The molecule has 0 saturated carbocycles. The molecule has 0 aliphatic rings. The molecular formula is C12H17NO2. The van der Waals surface area contributed by atoms with Crippen molar-refractivity contribution < 1.29 is 10.3 Å². The van der Waals surface area contributed by atoms with Gasteiger partial charge in [0, 0.05) is 5.56 Å². The van der Waals surface area contributed by atoms with Gasteiger partial charge < -0.3 is 10.3 Å². The second-order valence-electron chi connectivity index (χ2n) is 3.77. The van der Waals surface area contributed by atoms with E-state index in [2.05, 4.69) is 19.0 Å². The summed E-state index contributed by atoms with van der Waals surface area (Å²) in [4.78, 5) is 0. The smallest absolute Gasteiger partial charge is 0.124 e. The SMILES string of the molecule is CCC(C)c1ccc(O)c(C(C)=NO)c1. The number of phenols is 1. The molecule has 82 valence electrons. The highest BCUT2D eigenvalue weighted by atomic mass is 16.4. The first-order valence-electron chi connectivity index (χ1n) is 5.12. The number of nitrogens with zero attached hydrogens (tertiary/aromatic N) is 1. The van der Waals surface area contributed by atoms with Crippen molar-refractivity contribution in [2.24, 2.45) is 5.16 Å². The number of phenolic OH excluding ortho intramolecular Hbond substituents is 1. The van der Waals surface area contributed by atoms with Crippen LogP contribution in [0.25, 0.3) is 0 Å². The first-order valence-corrected chi connectivity index (χ1v) is 5.12. The number of hydrogen-bond acceptors (Lipinski definition) is 3. The Balaban J connectivity index is 3.16. The Kier molecular flexibility index (Phi) is 3.72. The fourth-order valence-corrected chi connectivity index (χ4v) is 1.44. The first-order chi connectivity index (χ1) is 7.10. The fraction of sp³-hybridized carbons (Fsp3) is 0.417. The minimum absolute atomic E-state index is 0.150. The molecule has 3 nitrogen and oxygen atoms in total. The van der Waals surface area contributed by atoms with Crippen LogP contribution < -0.4 is 0 Å². The Morgan fingerprint density at radius 2 is 2.13 bits per heavy atom. The van der Waals surface area contributed by atoms with Crippen molar-refractivity contribution in [2.75, 3.05) is 0 Å². The zero-order valence-electron chi connectivity index (χ0n) is 9.36. The molecule has 0 amide bonds. The molecule has 0 aliphatic heterocycles. The molecule has 1 atom stereocenters. The molecule has 2 N–H and O–H groups in total. The van der Waals surface area contributed by atoms with E-state index in [-0.39, 0.29) is 5.75 Å². The number of benzene rings is 1. The summed E-state index contributed by atoms with van der Waals surface area (Å²) < 4.78 is 0. The molecular weight excluding hydrogens is 190 g/mol. The van der Waals surface area contributed by atoms with Gasteiger partial charge in [-0.3, -0.25) is 0 Å². The lowest BCUT2D eigenvalue weighted by Gasteiger charge is -2.11. The van der Waals surface area contributed by atoms with Gasteiger partial charge in [-0.15, -0.1) is 0 Å². The fourth-order valence-electron chi connectivity index (χ4n) is 1.44. The molecule has 1 aromatic carbocycles. The van der Waals surface area contributed by atoms with E-state index in [1.165, 1.54) is 0 Å². The quantitative estimate of drug-likeness (QED) is 0.454. The number of aromatic hydroxyl groups is 1. The van der Waals surface area contributed by atoms with Crippen LogP contribution >= 0.6 is 0 Å². The van der Waals surface area contributed by atoms with Gasteiger partial charge in [-0.2, -0.15) is 0 Å². The Bertz CT molecular complexity index is 372. The summed E-state index contributed by atoms with van der Waals surface area (Å²) in [6, 6.07) is 5.42. The van der Waals surface area contributed by atoms with Crippen LogP contribution in [0.15, 0.2) is 23.4 Å². The highest BCUT2D eigenvalue weighted by molar-refractivity contribution is 6.00. The van der Waals surface area contributed by atoms with Crippen LogP contribution in [0.4, 0.5) is 0 Å². The van der Waals surface area contributed by atoms with Crippen LogP contribution in [-0.4, -0.2) is 16.0 Å². The maximum Gasteiger partial charge on any atom is 0.124 e. The van der Waals surface area contributed by atoms with E-state index in [1.54, 1.807) is 13.0 Å². The van der Waals surface area contributed by atoms with Gasteiger partial charge in [-0.1, -0.05) is 25.1 Å². The zero-order chi connectivity index (χ0) is 11.4. The van der Waals surface area contributed by atoms with Gasteiger partial charge in [0.25, 0.3) is 0 Å². The summed E-state index contributed by atoms with van der Waals surface area (Å²) >= 11 is 0. The monoisotopic (exact) mass is 207 g/mol. The van der Waals surface area contributed by atoms with Gasteiger partial charge in [-0.05, 0) is 37.0 Å². The minimum Gasteiger partial charge on any atom is -0.507 e. The van der Waals surface area contributed by atoms with E-state index in [1.807, 2.05) is 12.1 Å². The van der Waals surface area contributed by atoms with Gasteiger partial charge in [0.2, 0.25) is 0 Å². The predicted molar refractivity (Wildman–Crippen MR) is 60.8 cm³/mol. The number of hydrogen-bond donors (Lipinski definition) is 2. The van der Waals surface area contributed by atoms with Crippen molar-refractivity contribution in [1.29, 1.82) is 0 Å². The molecule has 1 rings (SSSR count). The van der Waals surface area contributed by atoms with E-state index in [0.29, 0.717) is 17.2 Å². The van der Waals surface area contributed by atoms with E-state index < -0.39 is 0 Å². The zero-order valence-corrected chi connectivity index (χ0v) is 9.36. The van der Waals surface area contributed by atoms with E-state index in [4.69, 9.17) is 5.21 Å². The van der Waals surface area contributed by atoms with E-state index in [0.717, 1.165) is 12.0 Å². The van der Waals surface area contributed by atoms with Crippen molar-refractivity contribution in [1.82, 2.24) is 0 Å². The minimum atomic E-state index is 0.150. The number of rotatable bonds is 3. The Morgan fingerprint density at radius 1 is 1.47 bits per heavy atom. The van der Waals surface area contributed by atoms with Gasteiger partial charge >= 0.3 is 0 Å². The third kappa shape index (κ3) is 2.49. The normalized spacial score (nSPS) is 13.9. The Hall–Kier alpha value is -1.51. The Labute approximate surface area is 90.1 Å². The lowest BCUT2D eigenvalue weighted by molar-refractivity contribution is 0.318. The van der Waals surface area contributed by atoms with Crippen molar-refractivity contribution >= 4 is 5.71 Å². The van der Waals surface area contributed by atoms with Crippen molar-refractivity contribution in [2.45, 2.75) is 33.1 Å². The highest BCUT2D eigenvalue weighted by Gasteiger charge is 2.09. The molecule has 0 bridgehead atoms. The molecule has 0 fully saturated rings. The molecule has 0 radical (unpaired) electrons. The lowest BCUT2D eigenvalue weighted by Crippen LogP contribution is -1.99. The summed E-state index contributed by atoms with van der Waals surface area (Å²) in [5.74, 6) is 0.591. The van der Waals surface area contributed by atoms with Gasteiger partial charge in [0.05, 0.1) is 5.71 Å². The molecule has 1 aromatic rings.